The molecule has 4 aromatic rings. The summed E-state index contributed by atoms with van der Waals surface area (Å²) in [6, 6.07) is 20.4. The van der Waals surface area contributed by atoms with Crippen LogP contribution in [0.1, 0.15) is 11.7 Å². The minimum absolute atomic E-state index is 0.259. The molecule has 128 valence electrons. The molecule has 0 saturated carbocycles. The predicted molar refractivity (Wildman–Crippen MR) is 104 cm³/mol. The summed E-state index contributed by atoms with van der Waals surface area (Å²) in [7, 11) is 1.67. The third-order valence-corrected chi connectivity index (χ3v) is 4.71. The fraction of sp³-hybridized carbons (Fsp3) is 0.100. The Hall–Kier alpha value is -3.54. The molecule has 5 rings (SSSR count). The number of hydrogen-bond acceptors (Lipinski definition) is 5. The Morgan fingerprint density at radius 3 is 2.73 bits per heavy atom. The van der Waals surface area contributed by atoms with E-state index < -0.39 is 0 Å². The van der Waals surface area contributed by atoms with E-state index in [1.165, 1.54) is 0 Å². The van der Waals surface area contributed by atoms with Gasteiger partial charge in [-0.05, 0) is 46.7 Å². The number of nitrogens with two attached hydrogens (primary N) is 1. The largest absolute Gasteiger partial charge is 0.497 e. The molecular formula is C20H17N5O. The van der Waals surface area contributed by atoms with Gasteiger partial charge in [-0.2, -0.15) is 0 Å². The second-order valence-electron chi connectivity index (χ2n) is 6.28. The van der Waals surface area contributed by atoms with Gasteiger partial charge in [0.05, 0.1) is 18.1 Å². The average molecular weight is 343 g/mol. The molecule has 0 bridgehead atoms. The van der Waals surface area contributed by atoms with E-state index in [-0.39, 0.29) is 6.17 Å². The van der Waals surface area contributed by atoms with Gasteiger partial charge < -0.3 is 10.5 Å². The average Bonchev–Trinajstić information content (AvgIpc) is 3.04. The summed E-state index contributed by atoms with van der Waals surface area (Å²) < 4.78 is 7.39. The van der Waals surface area contributed by atoms with Crippen molar-refractivity contribution in [1.82, 2.24) is 9.55 Å². The van der Waals surface area contributed by atoms with Crippen LogP contribution < -0.4 is 15.8 Å². The van der Waals surface area contributed by atoms with Crippen LogP contribution in [0.15, 0.2) is 65.7 Å². The molecule has 0 amide bonds. The molecule has 0 unspecified atom stereocenters. The molecule has 6 heteroatoms. The molecule has 26 heavy (non-hydrogen) atoms. The lowest BCUT2D eigenvalue weighted by Crippen LogP contribution is -2.31. The molecule has 1 aliphatic rings. The zero-order valence-corrected chi connectivity index (χ0v) is 14.2. The fourth-order valence-corrected chi connectivity index (χ4v) is 3.47. The van der Waals surface area contributed by atoms with Crippen LogP contribution in [0.4, 0.5) is 5.95 Å². The minimum atomic E-state index is -0.259. The van der Waals surface area contributed by atoms with Crippen molar-refractivity contribution in [2.75, 3.05) is 12.4 Å². The van der Waals surface area contributed by atoms with Gasteiger partial charge in [-0.3, -0.25) is 9.88 Å². The maximum absolute atomic E-state index is 6.02. The highest BCUT2D eigenvalue weighted by Crippen LogP contribution is 2.33. The molecule has 0 saturated heterocycles. The first kappa shape index (κ1) is 14.8. The second kappa shape index (κ2) is 5.49. The number of methoxy groups -OCH3 is 1. The molecule has 3 N–H and O–H groups in total. The Bertz CT molecular complexity index is 1180. The molecule has 0 aliphatic carbocycles. The quantitative estimate of drug-likeness (QED) is 0.584. The number of hydrogen-bond donors (Lipinski definition) is 2. The third kappa shape index (κ3) is 2.19. The van der Waals surface area contributed by atoms with Crippen LogP contribution in [-0.4, -0.2) is 22.6 Å². The van der Waals surface area contributed by atoms with Crippen LogP contribution in [-0.2, 0) is 0 Å². The number of nitrogens with zero attached hydrogens (tertiary/aromatic N) is 3. The van der Waals surface area contributed by atoms with Crippen molar-refractivity contribution in [1.29, 1.82) is 0 Å². The van der Waals surface area contributed by atoms with E-state index in [0.29, 0.717) is 11.9 Å². The van der Waals surface area contributed by atoms with E-state index in [0.717, 1.165) is 33.1 Å². The lowest BCUT2D eigenvalue weighted by Gasteiger charge is -2.24. The standard InChI is InChI=1S/C20H17N5O/c1-26-15-9-8-12-10-14(7-6-13(12)11-15)18-23-19(21)24-20-22-16-4-2-3-5-17(16)25(18)20/h2-11,18H,1H3,(H3,21,22,23,24)/t18-/m0/s1. The van der Waals surface area contributed by atoms with E-state index in [2.05, 4.69) is 44.1 Å². The highest BCUT2D eigenvalue weighted by atomic mass is 16.5. The number of para-hydroxylation sites is 2. The summed E-state index contributed by atoms with van der Waals surface area (Å²) in [5, 5.41) is 5.31. The lowest BCUT2D eigenvalue weighted by molar-refractivity contribution is 0.415. The summed E-state index contributed by atoms with van der Waals surface area (Å²) in [5.41, 5.74) is 9.00. The molecule has 1 atom stereocenters. The number of fused-ring (bicyclic) bond motifs is 4. The number of benzene rings is 3. The van der Waals surface area contributed by atoms with Gasteiger partial charge in [-0.15, -0.1) is 0 Å². The summed E-state index contributed by atoms with van der Waals surface area (Å²) in [6.07, 6.45) is -0.259. The van der Waals surface area contributed by atoms with Gasteiger partial charge in [0.2, 0.25) is 5.95 Å². The maximum Gasteiger partial charge on any atom is 0.212 e. The number of aromatic nitrogens is 2. The monoisotopic (exact) mass is 343 g/mol. The fourth-order valence-electron chi connectivity index (χ4n) is 3.47. The van der Waals surface area contributed by atoms with Gasteiger partial charge in [0, 0.05) is 0 Å². The Labute approximate surface area is 149 Å². The predicted octanol–water partition coefficient (Wildman–Crippen LogP) is 3.49. The zero-order valence-electron chi connectivity index (χ0n) is 14.2. The van der Waals surface area contributed by atoms with Crippen molar-refractivity contribution in [3.8, 4) is 5.75 Å². The summed E-state index contributed by atoms with van der Waals surface area (Å²) in [6.45, 7) is 0. The van der Waals surface area contributed by atoms with Crippen LogP contribution in [0.2, 0.25) is 0 Å². The highest BCUT2D eigenvalue weighted by Gasteiger charge is 2.25. The third-order valence-electron chi connectivity index (χ3n) is 4.71. The molecule has 6 nitrogen and oxygen atoms in total. The number of aliphatic imine (C=N–C) groups is 1. The highest BCUT2D eigenvalue weighted by molar-refractivity contribution is 5.95. The first-order chi connectivity index (χ1) is 12.7. The normalized spacial score (nSPS) is 16.2. The summed E-state index contributed by atoms with van der Waals surface area (Å²) in [5.74, 6) is 1.92. The Kier molecular flexibility index (Phi) is 3.12. The smallest absolute Gasteiger partial charge is 0.212 e. The summed E-state index contributed by atoms with van der Waals surface area (Å²) >= 11 is 0. The number of anilines is 1. The van der Waals surface area contributed by atoms with Crippen molar-refractivity contribution in [3.63, 3.8) is 0 Å². The van der Waals surface area contributed by atoms with Gasteiger partial charge in [-0.25, -0.2) is 9.98 Å². The number of rotatable bonds is 2. The van der Waals surface area contributed by atoms with E-state index in [1.807, 2.05) is 36.4 Å². The van der Waals surface area contributed by atoms with Crippen LogP contribution >= 0.6 is 0 Å². The van der Waals surface area contributed by atoms with Crippen LogP contribution in [0, 0.1) is 0 Å². The molecule has 1 aromatic heterocycles. The zero-order chi connectivity index (χ0) is 17.7. The van der Waals surface area contributed by atoms with Crippen molar-refractivity contribution in [2.24, 2.45) is 10.7 Å². The lowest BCUT2D eigenvalue weighted by atomic mass is 10.0. The molecule has 2 heterocycles. The Morgan fingerprint density at radius 1 is 1.04 bits per heavy atom. The molecule has 0 radical (unpaired) electrons. The second-order valence-corrected chi connectivity index (χ2v) is 6.28. The van der Waals surface area contributed by atoms with E-state index in [9.17, 15) is 0 Å². The first-order valence-electron chi connectivity index (χ1n) is 8.38. The Morgan fingerprint density at radius 2 is 1.85 bits per heavy atom. The van der Waals surface area contributed by atoms with Gasteiger partial charge in [-0.1, -0.05) is 30.3 Å². The van der Waals surface area contributed by atoms with Crippen LogP contribution in [0.5, 0.6) is 5.75 Å². The van der Waals surface area contributed by atoms with Gasteiger partial charge in [0.25, 0.3) is 0 Å². The number of nitrogens with one attached hydrogen (secondary N) is 1. The molecule has 0 fully saturated rings. The van der Waals surface area contributed by atoms with Gasteiger partial charge >= 0.3 is 0 Å². The van der Waals surface area contributed by atoms with Crippen LogP contribution in [0.3, 0.4) is 0 Å². The van der Waals surface area contributed by atoms with Crippen molar-refractivity contribution < 1.29 is 4.74 Å². The number of imidazole rings is 1. The van der Waals surface area contributed by atoms with E-state index in [4.69, 9.17) is 10.5 Å². The van der Waals surface area contributed by atoms with Gasteiger partial charge in [0.15, 0.2) is 12.1 Å². The molecule has 3 aromatic carbocycles. The van der Waals surface area contributed by atoms with Crippen molar-refractivity contribution >= 4 is 33.7 Å². The molecule has 1 aliphatic heterocycles. The first-order valence-corrected chi connectivity index (χ1v) is 8.38. The molecule has 0 spiro atoms. The molecular weight excluding hydrogens is 326 g/mol. The Balaban J connectivity index is 1.70. The van der Waals surface area contributed by atoms with Gasteiger partial charge in [0.1, 0.15) is 5.75 Å². The van der Waals surface area contributed by atoms with Crippen molar-refractivity contribution in [3.05, 3.63) is 66.2 Å². The van der Waals surface area contributed by atoms with Crippen molar-refractivity contribution in [2.45, 2.75) is 6.17 Å². The summed E-state index contributed by atoms with van der Waals surface area (Å²) in [4.78, 5) is 9.28. The van der Waals surface area contributed by atoms with Crippen LogP contribution in [0.25, 0.3) is 21.8 Å². The van der Waals surface area contributed by atoms with E-state index in [1.54, 1.807) is 7.11 Å². The minimum Gasteiger partial charge on any atom is -0.497 e. The number of guanidine groups is 1. The SMILES string of the molecule is COc1ccc2cc([C@H]3N=C(N)Nc4nc5ccccc5n43)ccc2c1. The topological polar surface area (TPSA) is 77.5 Å². The maximum atomic E-state index is 6.02. The van der Waals surface area contributed by atoms with E-state index >= 15 is 0 Å². The number of ether oxygens (including phenoxy) is 1.